The van der Waals surface area contributed by atoms with Gasteiger partial charge in [0, 0.05) is 37.9 Å². The molecule has 220 valence electrons. The average Bonchev–Trinajstić information content (AvgIpc) is 3.34. The van der Waals surface area contributed by atoms with E-state index in [0.29, 0.717) is 42.9 Å². The third kappa shape index (κ3) is 7.25. The van der Waals surface area contributed by atoms with Gasteiger partial charge in [-0.3, -0.25) is 13.8 Å². The highest BCUT2D eigenvalue weighted by Gasteiger charge is 2.70. The number of aromatic nitrogens is 4. The summed E-state index contributed by atoms with van der Waals surface area (Å²) in [7, 11) is -8.05. The summed E-state index contributed by atoms with van der Waals surface area (Å²) in [5.41, 5.74) is 5.32. The monoisotopic (exact) mass is 601 g/mol. The molecule has 0 saturated heterocycles. The number of carbonyl (C=O) groups is 1. The zero-order valence-corrected chi connectivity index (χ0v) is 23.6. The van der Waals surface area contributed by atoms with Crippen LogP contribution >= 0.6 is 15.6 Å². The van der Waals surface area contributed by atoms with E-state index in [0.717, 1.165) is 12.8 Å². The molecule has 4 atom stereocenters. The van der Waals surface area contributed by atoms with Crippen LogP contribution < -0.4 is 16.4 Å². The van der Waals surface area contributed by atoms with Crippen molar-refractivity contribution in [2.75, 3.05) is 32.1 Å². The largest absolute Gasteiger partial charge is 0.469 e. The molecule has 16 nitrogen and oxygen atoms in total. The molecule has 4 rings (SSSR count). The topological polar surface area (TPSA) is 244 Å². The average molecular weight is 601 g/mol. The third-order valence-electron chi connectivity index (χ3n) is 7.15. The van der Waals surface area contributed by atoms with E-state index in [-0.39, 0.29) is 30.5 Å². The van der Waals surface area contributed by atoms with Crippen LogP contribution in [0.2, 0.25) is 0 Å². The molecule has 2 aliphatic rings. The molecule has 2 aliphatic carbocycles. The minimum atomic E-state index is -4.90. The molecule has 0 aromatic carbocycles. The Labute approximate surface area is 229 Å². The fraction of sp³-hybridized carbons (Fsp3) is 0.636. The Balaban J connectivity index is 1.54. The van der Waals surface area contributed by atoms with Crippen molar-refractivity contribution in [1.82, 2.24) is 24.8 Å². The molecule has 0 aliphatic heterocycles. The molecule has 18 heteroatoms. The molecule has 8 N–H and O–H groups in total. The summed E-state index contributed by atoms with van der Waals surface area (Å²) in [6.07, 6.45) is 3.19. The van der Waals surface area contributed by atoms with Gasteiger partial charge < -0.3 is 40.5 Å². The van der Waals surface area contributed by atoms with Crippen molar-refractivity contribution in [3.63, 3.8) is 0 Å². The maximum atomic E-state index is 12.0. The van der Waals surface area contributed by atoms with Gasteiger partial charge in [-0.05, 0) is 44.1 Å². The number of phosphoric acid groups is 2. The van der Waals surface area contributed by atoms with Crippen molar-refractivity contribution in [3.8, 4) is 11.8 Å². The summed E-state index contributed by atoms with van der Waals surface area (Å²) < 4.78 is 34.5. The summed E-state index contributed by atoms with van der Waals surface area (Å²) >= 11 is 0. The lowest BCUT2D eigenvalue weighted by molar-refractivity contribution is -0.121. The van der Waals surface area contributed by atoms with Crippen LogP contribution in [0.5, 0.6) is 0 Å². The summed E-state index contributed by atoms with van der Waals surface area (Å²) in [5, 5.41) is 5.77. The van der Waals surface area contributed by atoms with E-state index >= 15 is 0 Å². The van der Waals surface area contributed by atoms with E-state index in [1.54, 1.807) is 11.6 Å². The van der Waals surface area contributed by atoms with Gasteiger partial charge >= 0.3 is 15.6 Å². The summed E-state index contributed by atoms with van der Waals surface area (Å²) in [6, 6.07) is -0.398. The Morgan fingerprint density at radius 1 is 1.25 bits per heavy atom. The number of carbonyl (C=O) groups excluding carboxylic acids is 1. The first-order chi connectivity index (χ1) is 18.9. The molecular weight excluding hydrogens is 568 g/mol. The quantitative estimate of drug-likeness (QED) is 0.0933. The molecule has 0 bridgehead atoms. The van der Waals surface area contributed by atoms with Gasteiger partial charge in [0.25, 0.3) is 0 Å². The van der Waals surface area contributed by atoms with E-state index in [9.17, 15) is 33.5 Å². The van der Waals surface area contributed by atoms with Crippen molar-refractivity contribution in [2.45, 2.75) is 50.7 Å². The summed E-state index contributed by atoms with van der Waals surface area (Å²) in [6.45, 7) is 0.714. The van der Waals surface area contributed by atoms with Gasteiger partial charge in [-0.1, -0.05) is 5.92 Å². The molecule has 2 heterocycles. The Morgan fingerprint density at radius 2 is 2.02 bits per heavy atom. The van der Waals surface area contributed by atoms with Crippen LogP contribution in [0.3, 0.4) is 0 Å². The maximum absolute atomic E-state index is 12.0. The van der Waals surface area contributed by atoms with E-state index in [4.69, 9.17) is 14.8 Å². The van der Waals surface area contributed by atoms with Crippen LogP contribution in [0, 0.1) is 23.2 Å². The lowest BCUT2D eigenvalue weighted by atomic mass is 10.0. The smallest absolute Gasteiger partial charge is 0.371 e. The van der Waals surface area contributed by atoms with Gasteiger partial charge in [-0.2, -0.15) is 0 Å². The van der Waals surface area contributed by atoms with E-state index in [1.165, 1.54) is 6.33 Å². The highest BCUT2D eigenvalue weighted by Crippen LogP contribution is 2.71. The van der Waals surface area contributed by atoms with Gasteiger partial charge in [0.15, 0.2) is 17.0 Å². The number of anilines is 1. The first-order valence-corrected chi connectivity index (χ1v) is 15.7. The number of nitrogens with one attached hydrogen (secondary N) is 2. The van der Waals surface area contributed by atoms with Gasteiger partial charge in [0.05, 0.1) is 19.0 Å². The second-order valence-electron chi connectivity index (χ2n) is 9.81. The summed E-state index contributed by atoms with van der Waals surface area (Å²) in [5.74, 6) is 6.01. The fourth-order valence-corrected chi connectivity index (χ4v) is 6.27. The van der Waals surface area contributed by atoms with Crippen molar-refractivity contribution >= 4 is 38.5 Å². The Hall–Kier alpha value is -2.44. The number of unbranched alkanes of at least 4 members (excludes halogenated alkanes) is 1. The Kier molecular flexibility index (Phi) is 9.31. The molecule has 2 unspecified atom stereocenters. The van der Waals surface area contributed by atoms with Crippen LogP contribution in [0.4, 0.5) is 5.82 Å². The molecule has 1 amide bonds. The van der Waals surface area contributed by atoms with Crippen LogP contribution in [0.1, 0.15) is 50.4 Å². The predicted octanol–water partition coefficient (Wildman–Crippen LogP) is 0.393. The Morgan fingerprint density at radius 3 is 2.70 bits per heavy atom. The first-order valence-electron chi connectivity index (χ1n) is 12.7. The van der Waals surface area contributed by atoms with Gasteiger partial charge in [-0.15, -0.1) is 0 Å². The molecular formula is C22H33N7O9P2. The number of nitrogens with two attached hydrogens (primary N) is 1. The van der Waals surface area contributed by atoms with Crippen LogP contribution in [-0.4, -0.2) is 77.8 Å². The van der Waals surface area contributed by atoms with Crippen molar-refractivity contribution in [1.29, 1.82) is 0 Å². The highest BCUT2D eigenvalue weighted by molar-refractivity contribution is 7.46. The van der Waals surface area contributed by atoms with E-state index in [1.807, 2.05) is 0 Å². The molecule has 0 radical (unpaired) electrons. The van der Waals surface area contributed by atoms with Gasteiger partial charge in [0.1, 0.15) is 0 Å². The number of hydrogen-bond donors (Lipinski definition) is 7. The van der Waals surface area contributed by atoms with Gasteiger partial charge in [-0.25, -0.2) is 24.1 Å². The minimum Gasteiger partial charge on any atom is -0.371 e. The van der Waals surface area contributed by atoms with Gasteiger partial charge in [0.2, 0.25) is 11.7 Å². The number of rotatable bonds is 13. The Bertz CT molecular complexity index is 1400. The highest BCUT2D eigenvalue weighted by atomic mass is 31.2. The molecule has 2 aromatic rings. The number of amides is 1. The lowest BCUT2D eigenvalue weighted by Gasteiger charge is -2.24. The normalized spacial score (nSPS) is 23.9. The van der Waals surface area contributed by atoms with Crippen LogP contribution in [-0.2, 0) is 23.0 Å². The SMILES string of the molecule is CNc1nc(C#CCCC(=O)NCCCCN)nc2c1ncn2C1CC(OP(=O)(O)O)[C@@]2(COP(=O)(O)O)C[C@@H]12. The number of phosphoric ester groups is 2. The second-order valence-corrected chi connectivity index (χ2v) is 12.2. The lowest BCUT2D eigenvalue weighted by Crippen LogP contribution is -2.26. The first kappa shape index (κ1) is 30.5. The van der Waals surface area contributed by atoms with E-state index in [2.05, 4.69) is 37.4 Å². The second kappa shape index (κ2) is 12.2. The molecule has 2 saturated carbocycles. The van der Waals surface area contributed by atoms with Crippen molar-refractivity contribution in [2.24, 2.45) is 17.1 Å². The number of fused-ring (bicyclic) bond motifs is 2. The summed E-state index contributed by atoms with van der Waals surface area (Å²) in [4.78, 5) is 62.6. The standard InChI is InChI=1S/C22H33N7O9P2/c1-24-20-19-21(28-17(27-20)6-2-3-7-18(30)25-9-5-4-8-23)29(13-26-19)15-10-16(38-40(34,35)36)22(11-14(15)22)12-37-39(31,32)33/h13-16H,3-5,7-12,23H2,1H3,(H,25,30)(H,24,27,28)(H2,31,32,33)(H2,34,35,36)/t14-,15?,16?,22+/m0/s1. The number of imidazole rings is 1. The zero-order chi connectivity index (χ0) is 29.1. The van der Waals surface area contributed by atoms with Crippen molar-refractivity contribution < 1.29 is 42.5 Å². The van der Waals surface area contributed by atoms with Crippen LogP contribution in [0.15, 0.2) is 6.33 Å². The molecule has 40 heavy (non-hydrogen) atoms. The van der Waals surface area contributed by atoms with Crippen LogP contribution in [0.25, 0.3) is 11.2 Å². The zero-order valence-electron chi connectivity index (χ0n) is 21.8. The minimum absolute atomic E-state index is 0.111. The van der Waals surface area contributed by atoms with Crippen molar-refractivity contribution in [3.05, 3.63) is 12.2 Å². The molecule has 2 aromatic heterocycles. The fourth-order valence-electron chi connectivity index (χ4n) is 5.24. The van der Waals surface area contributed by atoms with E-state index < -0.39 is 39.8 Å². The number of nitrogens with zero attached hydrogens (tertiary/aromatic N) is 4. The number of hydrogen-bond acceptors (Lipinski definition) is 10. The molecule has 0 spiro atoms. The molecule has 2 fully saturated rings. The third-order valence-corrected chi connectivity index (χ3v) is 8.15. The maximum Gasteiger partial charge on any atom is 0.469 e. The predicted molar refractivity (Wildman–Crippen MR) is 141 cm³/mol.